The fourth-order valence-corrected chi connectivity index (χ4v) is 2.08. The first-order valence-corrected chi connectivity index (χ1v) is 7.26. The van der Waals surface area contributed by atoms with Crippen LogP contribution in [0.25, 0.3) is 0 Å². The van der Waals surface area contributed by atoms with Crippen LogP contribution in [0.3, 0.4) is 0 Å². The van der Waals surface area contributed by atoms with Crippen LogP contribution in [-0.2, 0) is 34.0 Å². The van der Waals surface area contributed by atoms with Gasteiger partial charge in [0.25, 0.3) is 0 Å². The molecule has 0 aromatic rings. The van der Waals surface area contributed by atoms with Crippen LogP contribution in [0, 0.1) is 0 Å². The Bertz CT molecular complexity index is 514. The van der Waals surface area contributed by atoms with E-state index in [1.54, 1.807) is 0 Å². The molecular weight excluding hydrogens is 292 g/mol. The summed E-state index contributed by atoms with van der Waals surface area (Å²) in [5.41, 5.74) is 0. The van der Waals surface area contributed by atoms with Crippen LogP contribution in [0.1, 0.15) is 26.7 Å². The third kappa shape index (κ3) is 5.97. The molecule has 0 bridgehead atoms. The lowest BCUT2D eigenvalue weighted by atomic mass is 10.1. The van der Waals surface area contributed by atoms with Crippen LogP contribution in [0.5, 0.6) is 0 Å². The van der Waals surface area contributed by atoms with E-state index in [1.165, 1.54) is 13.8 Å². The normalized spacial score (nSPS) is 24.9. The molecule has 20 heavy (non-hydrogen) atoms. The van der Waals surface area contributed by atoms with E-state index in [4.69, 9.17) is 19.3 Å². The van der Waals surface area contributed by atoms with Crippen molar-refractivity contribution in [3.63, 3.8) is 0 Å². The maximum Gasteiger partial charge on any atom is 0.320 e. The van der Waals surface area contributed by atoms with Gasteiger partial charge in [0, 0.05) is 20.3 Å². The number of nitrogens with zero attached hydrogens (tertiary/aromatic N) is 1. The van der Waals surface area contributed by atoms with E-state index in [2.05, 4.69) is 4.40 Å². The Morgan fingerprint density at radius 1 is 1.40 bits per heavy atom. The molecule has 0 aliphatic carbocycles. The second-order valence-electron chi connectivity index (χ2n) is 4.15. The molecular formula is C10H16N2O7S. The van der Waals surface area contributed by atoms with Crippen LogP contribution in [-0.4, -0.2) is 45.1 Å². The van der Waals surface area contributed by atoms with Crippen LogP contribution < -0.4 is 5.14 Å². The molecule has 9 nitrogen and oxygen atoms in total. The molecule has 2 N–H and O–H groups in total. The quantitative estimate of drug-likeness (QED) is 0.676. The van der Waals surface area contributed by atoms with Crippen molar-refractivity contribution in [2.24, 2.45) is 9.54 Å². The number of esters is 2. The van der Waals surface area contributed by atoms with Gasteiger partial charge in [0.05, 0.1) is 0 Å². The van der Waals surface area contributed by atoms with Gasteiger partial charge in [0.2, 0.25) is 5.90 Å². The van der Waals surface area contributed by atoms with Crippen molar-refractivity contribution in [3.05, 3.63) is 0 Å². The summed E-state index contributed by atoms with van der Waals surface area (Å²) in [5, 5.41) is 4.78. The predicted octanol–water partition coefficient (Wildman–Crippen LogP) is -0.738. The van der Waals surface area contributed by atoms with Gasteiger partial charge in [-0.25, -0.2) is 5.14 Å². The van der Waals surface area contributed by atoms with Crippen molar-refractivity contribution in [2.45, 2.75) is 38.9 Å². The minimum Gasteiger partial charge on any atom is -0.469 e. The van der Waals surface area contributed by atoms with Crippen LogP contribution in [0.2, 0.25) is 0 Å². The zero-order chi connectivity index (χ0) is 15.3. The van der Waals surface area contributed by atoms with Gasteiger partial charge in [0.15, 0.2) is 6.10 Å². The van der Waals surface area contributed by atoms with E-state index in [0.717, 1.165) is 0 Å². The molecule has 1 saturated heterocycles. The Kier molecular flexibility index (Phi) is 5.45. The summed E-state index contributed by atoms with van der Waals surface area (Å²) in [7, 11) is -4.07. The minimum atomic E-state index is -4.07. The molecule has 0 amide bonds. The van der Waals surface area contributed by atoms with Gasteiger partial charge in [0.1, 0.15) is 12.7 Å². The summed E-state index contributed by atoms with van der Waals surface area (Å²) < 4.78 is 40.0. The number of nitrogens with two attached hydrogens (primary N) is 1. The summed E-state index contributed by atoms with van der Waals surface area (Å²) in [5.74, 6) is -1.16. The topological polar surface area (TPSA) is 134 Å². The number of carbonyl (C=O) groups excluding carboxylic acids is 2. The highest BCUT2D eigenvalue weighted by atomic mass is 32.2. The van der Waals surface area contributed by atoms with Crippen LogP contribution in [0.4, 0.5) is 0 Å². The third-order valence-electron chi connectivity index (χ3n) is 2.34. The first kappa shape index (κ1) is 16.4. The molecule has 0 aromatic heterocycles. The molecule has 1 aliphatic rings. The molecule has 1 heterocycles. The average molecular weight is 308 g/mol. The Morgan fingerprint density at radius 3 is 2.55 bits per heavy atom. The van der Waals surface area contributed by atoms with E-state index >= 15 is 0 Å². The highest BCUT2D eigenvalue weighted by Gasteiger charge is 2.33. The molecule has 0 saturated carbocycles. The zero-order valence-electron chi connectivity index (χ0n) is 11.1. The second-order valence-corrected chi connectivity index (χ2v) is 5.36. The SMILES string of the molecule is CC(=O)OC[C@H]1O/C(=N/S(N)(=O)=O)CC[C@@H]1OC(C)=O. The maximum atomic E-state index is 11.0. The second kappa shape index (κ2) is 6.66. The molecule has 1 rings (SSSR count). The fourth-order valence-electron chi connectivity index (χ4n) is 1.66. The van der Waals surface area contributed by atoms with Crippen molar-refractivity contribution >= 4 is 28.0 Å². The lowest BCUT2D eigenvalue weighted by Gasteiger charge is -2.31. The van der Waals surface area contributed by atoms with Crippen LogP contribution in [0.15, 0.2) is 4.40 Å². The summed E-state index contributed by atoms with van der Waals surface area (Å²) in [6.07, 6.45) is -1.03. The molecule has 114 valence electrons. The lowest BCUT2D eigenvalue weighted by molar-refractivity contribution is -0.159. The Morgan fingerprint density at radius 2 is 2.05 bits per heavy atom. The Labute approximate surface area is 116 Å². The Hall–Kier alpha value is -1.68. The summed E-state index contributed by atoms with van der Waals surface area (Å²) in [6, 6.07) is 0. The molecule has 0 aromatic carbocycles. The van der Waals surface area contributed by atoms with E-state index in [-0.39, 0.29) is 18.9 Å². The van der Waals surface area contributed by atoms with Gasteiger partial charge >= 0.3 is 22.1 Å². The predicted molar refractivity (Wildman–Crippen MR) is 66.8 cm³/mol. The van der Waals surface area contributed by atoms with Gasteiger partial charge in [-0.3, -0.25) is 9.59 Å². The maximum absolute atomic E-state index is 11.0. The van der Waals surface area contributed by atoms with E-state index < -0.39 is 34.4 Å². The van der Waals surface area contributed by atoms with E-state index in [9.17, 15) is 18.0 Å². The van der Waals surface area contributed by atoms with Crippen LogP contribution >= 0.6 is 0 Å². The summed E-state index contributed by atoms with van der Waals surface area (Å²) in [4.78, 5) is 21.8. The minimum absolute atomic E-state index is 0.104. The number of hydrogen-bond acceptors (Lipinski definition) is 7. The standard InChI is InChI=1S/C10H16N2O7S/c1-6(13)17-5-9-8(18-7(2)14)3-4-10(19-9)12-20(11,15)16/h8-9H,3-5H2,1-2H3,(H2,11,15,16)/b12-10+/t8-,9+/m0/s1. The Balaban J connectivity index is 2.79. The number of rotatable bonds is 4. The van der Waals surface area contributed by atoms with Gasteiger partial charge in [-0.1, -0.05) is 0 Å². The molecule has 1 fully saturated rings. The molecule has 0 spiro atoms. The smallest absolute Gasteiger partial charge is 0.320 e. The molecule has 0 radical (unpaired) electrons. The van der Waals surface area contributed by atoms with Gasteiger partial charge in [-0.15, -0.1) is 4.40 Å². The summed E-state index contributed by atoms with van der Waals surface area (Å²) in [6.45, 7) is 2.26. The summed E-state index contributed by atoms with van der Waals surface area (Å²) >= 11 is 0. The van der Waals surface area contributed by atoms with Crippen molar-refractivity contribution in [2.75, 3.05) is 6.61 Å². The zero-order valence-corrected chi connectivity index (χ0v) is 11.9. The van der Waals surface area contributed by atoms with Gasteiger partial charge in [-0.2, -0.15) is 8.42 Å². The highest BCUT2D eigenvalue weighted by Crippen LogP contribution is 2.20. The molecule has 2 atom stereocenters. The number of carbonyl (C=O) groups is 2. The first-order chi connectivity index (χ1) is 9.17. The van der Waals surface area contributed by atoms with Crippen molar-refractivity contribution in [1.29, 1.82) is 0 Å². The lowest BCUT2D eigenvalue weighted by Crippen LogP contribution is -2.43. The first-order valence-electron chi connectivity index (χ1n) is 5.76. The number of ether oxygens (including phenoxy) is 3. The van der Waals surface area contributed by atoms with Crippen molar-refractivity contribution in [3.8, 4) is 0 Å². The van der Waals surface area contributed by atoms with Crippen molar-refractivity contribution < 1.29 is 32.2 Å². The van der Waals surface area contributed by atoms with E-state index in [0.29, 0.717) is 6.42 Å². The largest absolute Gasteiger partial charge is 0.469 e. The monoisotopic (exact) mass is 308 g/mol. The fraction of sp³-hybridized carbons (Fsp3) is 0.700. The molecule has 0 unspecified atom stereocenters. The van der Waals surface area contributed by atoms with E-state index in [1.807, 2.05) is 0 Å². The van der Waals surface area contributed by atoms with Crippen molar-refractivity contribution in [1.82, 2.24) is 0 Å². The average Bonchev–Trinajstić information content (AvgIpc) is 2.26. The number of hydrogen-bond donors (Lipinski definition) is 1. The van der Waals surface area contributed by atoms with Gasteiger partial charge in [-0.05, 0) is 6.42 Å². The highest BCUT2D eigenvalue weighted by molar-refractivity contribution is 7.88. The van der Waals surface area contributed by atoms with Gasteiger partial charge < -0.3 is 14.2 Å². The third-order valence-corrected chi connectivity index (χ3v) is 2.80. The molecule has 1 aliphatic heterocycles. The molecule has 10 heteroatoms.